The van der Waals surface area contributed by atoms with Gasteiger partial charge in [0.25, 0.3) is 0 Å². The molecule has 1 rings (SSSR count). The molecule has 1 aromatic heterocycles. The van der Waals surface area contributed by atoms with Gasteiger partial charge >= 0.3 is 23.1 Å². The number of halogens is 2. The molecule has 0 aliphatic carbocycles. The normalized spacial score (nSPS) is 7.40. The van der Waals surface area contributed by atoms with Crippen molar-refractivity contribution in [1.29, 1.82) is 0 Å². The Hall–Kier alpha value is 0.326. The Kier molecular flexibility index (Phi) is 7.86. The van der Waals surface area contributed by atoms with Gasteiger partial charge in [-0.15, -0.1) is 11.6 Å². The maximum Gasteiger partial charge on any atom is 2.00 e. The van der Waals surface area contributed by atoms with Crippen molar-refractivity contribution in [3.8, 4) is 0 Å². The first-order valence-corrected chi connectivity index (χ1v) is 2.29. The maximum absolute atomic E-state index is 12.1. The summed E-state index contributed by atoms with van der Waals surface area (Å²) in [4.78, 5) is 3.48. The number of aromatic nitrogens is 1. The van der Waals surface area contributed by atoms with E-state index in [0.717, 1.165) is 11.8 Å². The van der Waals surface area contributed by atoms with Crippen molar-refractivity contribution in [2.75, 3.05) is 0 Å². The molecule has 1 aromatic rings. The van der Waals surface area contributed by atoms with Crippen LogP contribution in [0.25, 0.3) is 0 Å². The van der Waals surface area contributed by atoms with Crippen LogP contribution in [0.4, 0.5) is 4.39 Å². The zero-order valence-electron chi connectivity index (χ0n) is 5.56. The van der Waals surface area contributed by atoms with Crippen LogP contribution >= 0.6 is 0 Å². The fourth-order valence-electron chi connectivity index (χ4n) is 0.472. The number of pyridine rings is 1. The molecule has 0 unspecified atom stereocenters. The Morgan fingerprint density at radius 2 is 2.20 bits per heavy atom. The second-order valence-corrected chi connectivity index (χ2v) is 1.58. The van der Waals surface area contributed by atoms with Crippen LogP contribution < -0.4 is 17.0 Å². The second-order valence-electron chi connectivity index (χ2n) is 1.58. The molecular formula is C6H5BrFMgN. The first kappa shape index (κ1) is 13.0. The van der Waals surface area contributed by atoms with Crippen LogP contribution in [0.5, 0.6) is 0 Å². The van der Waals surface area contributed by atoms with Crippen LogP contribution in [0, 0.1) is 18.9 Å². The van der Waals surface area contributed by atoms with Gasteiger partial charge in [-0.3, -0.25) is 0 Å². The summed E-state index contributed by atoms with van der Waals surface area (Å²) in [6.07, 6.45) is 3.71. The molecule has 1 heterocycles. The Bertz CT molecular complexity index is 178. The van der Waals surface area contributed by atoms with Crippen LogP contribution in [0.15, 0.2) is 12.3 Å². The molecule has 0 radical (unpaired) electrons. The average molecular weight is 214 g/mol. The number of hydrogen-bond acceptors (Lipinski definition) is 1. The molecule has 0 bridgehead atoms. The van der Waals surface area contributed by atoms with Crippen molar-refractivity contribution in [3.05, 3.63) is 29.8 Å². The molecule has 0 aliphatic rings. The van der Waals surface area contributed by atoms with Crippen LogP contribution in [0.3, 0.4) is 0 Å². The minimum atomic E-state index is -0.304. The van der Waals surface area contributed by atoms with Crippen LogP contribution in [0.2, 0.25) is 0 Å². The fraction of sp³-hybridized carbons (Fsp3) is 0.167. The predicted octanol–water partition coefficient (Wildman–Crippen LogP) is -2.05. The standard InChI is InChI=1S/C6H5FN.BrH.Mg/c1-5-2-6(7)4-8-3-5;;/h2,4H,1H3;1H;/q-1;;+2/p-1. The number of hydrogen-bond donors (Lipinski definition) is 0. The van der Waals surface area contributed by atoms with E-state index in [1.54, 1.807) is 6.92 Å². The van der Waals surface area contributed by atoms with Crippen molar-refractivity contribution in [2.24, 2.45) is 0 Å². The van der Waals surface area contributed by atoms with Gasteiger partial charge in [0.05, 0.1) is 0 Å². The number of aryl methyl sites for hydroxylation is 1. The van der Waals surface area contributed by atoms with E-state index in [1.165, 1.54) is 6.07 Å². The van der Waals surface area contributed by atoms with Gasteiger partial charge in [0.1, 0.15) is 0 Å². The van der Waals surface area contributed by atoms with Gasteiger partial charge in [0.2, 0.25) is 0 Å². The zero-order valence-corrected chi connectivity index (χ0v) is 8.57. The van der Waals surface area contributed by atoms with Gasteiger partial charge in [-0.1, -0.05) is 19.3 Å². The topological polar surface area (TPSA) is 12.9 Å². The minimum absolute atomic E-state index is 0. The second kappa shape index (κ2) is 6.06. The summed E-state index contributed by atoms with van der Waals surface area (Å²) in [7, 11) is 0. The molecular weight excluding hydrogens is 209 g/mol. The molecule has 0 saturated carbocycles. The summed E-state index contributed by atoms with van der Waals surface area (Å²) in [6, 6.07) is 1.38. The monoisotopic (exact) mass is 213 g/mol. The van der Waals surface area contributed by atoms with E-state index in [2.05, 4.69) is 11.2 Å². The summed E-state index contributed by atoms with van der Waals surface area (Å²) in [5, 5.41) is 0. The summed E-state index contributed by atoms with van der Waals surface area (Å²) in [5.74, 6) is -0.304. The van der Waals surface area contributed by atoms with Crippen molar-refractivity contribution >= 4 is 23.1 Å². The Balaban J connectivity index is 0. The van der Waals surface area contributed by atoms with E-state index in [1.807, 2.05) is 0 Å². The number of rotatable bonds is 0. The van der Waals surface area contributed by atoms with E-state index < -0.39 is 0 Å². The maximum atomic E-state index is 12.1. The molecule has 4 heteroatoms. The van der Waals surface area contributed by atoms with E-state index in [9.17, 15) is 4.39 Å². The minimum Gasteiger partial charge on any atom is -1.00 e. The Morgan fingerprint density at radius 3 is 2.50 bits per heavy atom. The summed E-state index contributed by atoms with van der Waals surface area (Å²) in [6.45, 7) is 1.75. The van der Waals surface area contributed by atoms with Crippen LogP contribution in [-0.2, 0) is 0 Å². The molecule has 0 atom stereocenters. The van der Waals surface area contributed by atoms with E-state index in [4.69, 9.17) is 0 Å². The average Bonchev–Trinajstić information content (AvgIpc) is 1.64. The summed E-state index contributed by atoms with van der Waals surface area (Å²) in [5.41, 5.74) is 0.727. The molecule has 0 aromatic carbocycles. The molecule has 0 N–H and O–H groups in total. The van der Waals surface area contributed by atoms with Gasteiger partial charge in [0, 0.05) is 5.82 Å². The smallest absolute Gasteiger partial charge is 1.00 e. The molecule has 0 amide bonds. The van der Waals surface area contributed by atoms with Crippen molar-refractivity contribution in [2.45, 2.75) is 6.92 Å². The molecule has 0 fully saturated rings. The van der Waals surface area contributed by atoms with Crippen molar-refractivity contribution < 1.29 is 21.4 Å². The van der Waals surface area contributed by atoms with Gasteiger partial charge in [-0.2, -0.15) is 0 Å². The van der Waals surface area contributed by atoms with Gasteiger partial charge in [-0.05, 0) is 0 Å². The molecule has 50 valence electrons. The third-order valence-corrected chi connectivity index (χ3v) is 0.783. The summed E-state index contributed by atoms with van der Waals surface area (Å²) < 4.78 is 12.1. The SMILES string of the molecule is Cc1[c-]ncc(F)c1.[Br-].[Mg+2]. The van der Waals surface area contributed by atoms with Crippen LogP contribution in [-0.4, -0.2) is 28.0 Å². The van der Waals surface area contributed by atoms with Crippen molar-refractivity contribution in [3.63, 3.8) is 0 Å². The first-order valence-electron chi connectivity index (χ1n) is 2.29. The van der Waals surface area contributed by atoms with E-state index in [0.29, 0.717) is 0 Å². The molecule has 1 nitrogen and oxygen atoms in total. The third-order valence-electron chi connectivity index (χ3n) is 0.783. The Labute approximate surface area is 86.0 Å². The molecule has 10 heavy (non-hydrogen) atoms. The van der Waals surface area contributed by atoms with Gasteiger partial charge in [0.15, 0.2) is 0 Å². The van der Waals surface area contributed by atoms with Crippen molar-refractivity contribution in [1.82, 2.24) is 4.98 Å². The number of nitrogens with zero attached hydrogens (tertiary/aromatic N) is 1. The fourth-order valence-corrected chi connectivity index (χ4v) is 0.472. The largest absolute Gasteiger partial charge is 2.00 e. The third kappa shape index (κ3) is 4.19. The van der Waals surface area contributed by atoms with E-state index >= 15 is 0 Å². The Morgan fingerprint density at radius 1 is 1.60 bits per heavy atom. The molecule has 0 aliphatic heterocycles. The molecule has 0 spiro atoms. The summed E-state index contributed by atoms with van der Waals surface area (Å²) >= 11 is 0. The first-order chi connectivity index (χ1) is 3.79. The zero-order chi connectivity index (χ0) is 5.98. The quantitative estimate of drug-likeness (QED) is 0.358. The molecule has 0 saturated heterocycles. The predicted molar refractivity (Wildman–Crippen MR) is 33.5 cm³/mol. The van der Waals surface area contributed by atoms with Gasteiger partial charge in [-0.25, -0.2) is 4.39 Å². The van der Waals surface area contributed by atoms with E-state index in [-0.39, 0.29) is 45.9 Å². The van der Waals surface area contributed by atoms with Crippen LogP contribution in [0.1, 0.15) is 5.56 Å². The van der Waals surface area contributed by atoms with Gasteiger partial charge < -0.3 is 22.0 Å².